The Balaban J connectivity index is 1.97. The van der Waals surface area contributed by atoms with E-state index < -0.39 is 11.9 Å². The number of carbonyl (C=O) groups excluding carboxylic acids is 2. The van der Waals surface area contributed by atoms with Crippen LogP contribution in [-0.4, -0.2) is 46.6 Å². The molecule has 7 heteroatoms. The van der Waals surface area contributed by atoms with Crippen molar-refractivity contribution >= 4 is 17.6 Å². The van der Waals surface area contributed by atoms with Gasteiger partial charge in [-0.3, -0.25) is 0 Å². The fourth-order valence-electron chi connectivity index (χ4n) is 2.98. The molecule has 0 atom stereocenters. The number of hydrogen-bond acceptors (Lipinski definition) is 7. The summed E-state index contributed by atoms with van der Waals surface area (Å²) in [6.07, 6.45) is 0. The van der Waals surface area contributed by atoms with Crippen LogP contribution in [0.4, 0.5) is 5.69 Å². The minimum Gasteiger partial charge on any atom is -0.497 e. The molecule has 2 aromatic carbocycles. The van der Waals surface area contributed by atoms with Crippen LogP contribution >= 0.6 is 0 Å². The number of anilines is 1. The van der Waals surface area contributed by atoms with E-state index in [-0.39, 0.29) is 24.6 Å². The quantitative estimate of drug-likeness (QED) is 0.735. The van der Waals surface area contributed by atoms with Gasteiger partial charge in [0.15, 0.2) is 0 Å². The van der Waals surface area contributed by atoms with E-state index in [4.69, 9.17) is 18.9 Å². The third-order valence-corrected chi connectivity index (χ3v) is 4.42. The SMILES string of the molecule is COC(=O)C1=C(C(=O)OC)N(c2ccc(-c3cccc(OC)c3)cc2)COC1. The third kappa shape index (κ3) is 3.84. The van der Waals surface area contributed by atoms with Gasteiger partial charge in [0.25, 0.3) is 0 Å². The summed E-state index contributed by atoms with van der Waals surface area (Å²) in [6.45, 7) is 0.0962. The monoisotopic (exact) mass is 383 g/mol. The lowest BCUT2D eigenvalue weighted by Gasteiger charge is -2.31. The number of nitrogens with zero attached hydrogens (tertiary/aromatic N) is 1. The summed E-state index contributed by atoms with van der Waals surface area (Å²) in [4.78, 5) is 26.0. The largest absolute Gasteiger partial charge is 0.497 e. The zero-order valence-electron chi connectivity index (χ0n) is 15.9. The molecule has 28 heavy (non-hydrogen) atoms. The molecule has 0 bridgehead atoms. The molecule has 146 valence electrons. The minimum absolute atomic E-state index is 0.0184. The predicted molar refractivity (Wildman–Crippen MR) is 103 cm³/mol. The Labute approximate surface area is 163 Å². The first-order chi connectivity index (χ1) is 13.6. The van der Waals surface area contributed by atoms with Crippen molar-refractivity contribution < 1.29 is 28.5 Å². The summed E-state index contributed by atoms with van der Waals surface area (Å²) in [5.74, 6) is -0.483. The van der Waals surface area contributed by atoms with E-state index in [1.165, 1.54) is 14.2 Å². The molecule has 1 aliphatic heterocycles. The highest BCUT2D eigenvalue weighted by atomic mass is 16.5. The minimum atomic E-state index is -0.627. The van der Waals surface area contributed by atoms with Crippen molar-refractivity contribution in [2.75, 3.05) is 39.6 Å². The number of rotatable bonds is 5. The summed E-state index contributed by atoms with van der Waals surface area (Å²) >= 11 is 0. The second-order valence-electron chi connectivity index (χ2n) is 5.99. The molecule has 3 rings (SSSR count). The molecule has 1 aliphatic rings. The van der Waals surface area contributed by atoms with Crippen LogP contribution < -0.4 is 9.64 Å². The first kappa shape index (κ1) is 19.4. The summed E-state index contributed by atoms with van der Waals surface area (Å²) in [6, 6.07) is 15.3. The van der Waals surface area contributed by atoms with Gasteiger partial charge in [-0.25, -0.2) is 9.59 Å². The van der Waals surface area contributed by atoms with Crippen molar-refractivity contribution in [3.05, 3.63) is 59.8 Å². The lowest BCUT2D eigenvalue weighted by molar-refractivity contribution is -0.140. The van der Waals surface area contributed by atoms with Gasteiger partial charge in [-0.1, -0.05) is 24.3 Å². The molecule has 0 saturated carbocycles. The maximum atomic E-state index is 12.3. The van der Waals surface area contributed by atoms with Crippen LogP contribution in [-0.2, 0) is 23.8 Å². The Morgan fingerprint density at radius 1 is 0.929 bits per heavy atom. The summed E-state index contributed by atoms with van der Waals surface area (Å²) < 4.78 is 20.4. The van der Waals surface area contributed by atoms with Crippen molar-refractivity contribution in [1.29, 1.82) is 0 Å². The van der Waals surface area contributed by atoms with Gasteiger partial charge in [-0.15, -0.1) is 0 Å². The van der Waals surface area contributed by atoms with Gasteiger partial charge in [0, 0.05) is 5.69 Å². The van der Waals surface area contributed by atoms with Crippen molar-refractivity contribution in [1.82, 2.24) is 0 Å². The highest BCUT2D eigenvalue weighted by molar-refractivity contribution is 6.03. The smallest absolute Gasteiger partial charge is 0.355 e. The van der Waals surface area contributed by atoms with Crippen LogP contribution in [0.1, 0.15) is 0 Å². The number of ether oxygens (including phenoxy) is 4. The molecule has 0 fully saturated rings. The predicted octanol–water partition coefficient (Wildman–Crippen LogP) is 2.76. The van der Waals surface area contributed by atoms with Gasteiger partial charge in [0.1, 0.15) is 18.2 Å². The van der Waals surface area contributed by atoms with E-state index in [0.29, 0.717) is 5.69 Å². The number of hydrogen-bond donors (Lipinski definition) is 0. The molecular weight excluding hydrogens is 362 g/mol. The van der Waals surface area contributed by atoms with E-state index in [1.54, 1.807) is 12.0 Å². The topological polar surface area (TPSA) is 74.3 Å². The Morgan fingerprint density at radius 2 is 1.64 bits per heavy atom. The lowest BCUT2D eigenvalue weighted by atomic mass is 10.0. The average Bonchev–Trinajstić information content (AvgIpc) is 2.77. The first-order valence-corrected chi connectivity index (χ1v) is 8.58. The standard InChI is InChI=1S/C21H21NO6/c1-25-17-6-4-5-15(11-17)14-7-9-16(10-8-14)22-13-28-12-18(20(23)26-2)19(22)21(24)27-3/h4-11H,12-13H2,1-3H3. The van der Waals surface area contributed by atoms with Gasteiger partial charge in [0.05, 0.1) is 33.5 Å². The number of esters is 2. The Hall–Kier alpha value is -3.32. The Morgan fingerprint density at radius 3 is 2.29 bits per heavy atom. The van der Waals surface area contributed by atoms with Crippen molar-refractivity contribution in [3.8, 4) is 16.9 Å². The van der Waals surface area contributed by atoms with Gasteiger partial charge >= 0.3 is 11.9 Å². The zero-order chi connectivity index (χ0) is 20.1. The molecule has 0 aliphatic carbocycles. The molecular formula is C21H21NO6. The molecule has 0 N–H and O–H groups in total. The number of benzene rings is 2. The fraction of sp³-hybridized carbons (Fsp3) is 0.238. The Kier molecular flexibility index (Phi) is 5.96. The molecule has 0 amide bonds. The van der Waals surface area contributed by atoms with Crippen LogP contribution in [0.2, 0.25) is 0 Å². The fourth-order valence-corrected chi connectivity index (χ4v) is 2.98. The maximum absolute atomic E-state index is 12.3. The van der Waals surface area contributed by atoms with Crippen molar-refractivity contribution in [3.63, 3.8) is 0 Å². The molecule has 1 heterocycles. The summed E-state index contributed by atoms with van der Waals surface area (Å²) in [7, 11) is 4.15. The van der Waals surface area contributed by atoms with Gasteiger partial charge < -0.3 is 23.8 Å². The van der Waals surface area contributed by atoms with Crippen LogP contribution in [0.3, 0.4) is 0 Å². The van der Waals surface area contributed by atoms with E-state index in [0.717, 1.165) is 16.9 Å². The first-order valence-electron chi connectivity index (χ1n) is 8.58. The average molecular weight is 383 g/mol. The lowest BCUT2D eigenvalue weighted by Crippen LogP contribution is -2.38. The summed E-state index contributed by atoms with van der Waals surface area (Å²) in [5.41, 5.74) is 2.91. The van der Waals surface area contributed by atoms with Gasteiger partial charge in [-0.05, 0) is 35.4 Å². The molecule has 2 aromatic rings. The van der Waals surface area contributed by atoms with E-state index in [9.17, 15) is 9.59 Å². The normalized spacial score (nSPS) is 13.9. The van der Waals surface area contributed by atoms with E-state index >= 15 is 0 Å². The van der Waals surface area contributed by atoms with E-state index in [2.05, 4.69) is 0 Å². The zero-order valence-corrected chi connectivity index (χ0v) is 15.9. The van der Waals surface area contributed by atoms with Crippen molar-refractivity contribution in [2.24, 2.45) is 0 Å². The number of methoxy groups -OCH3 is 3. The third-order valence-electron chi connectivity index (χ3n) is 4.42. The second kappa shape index (κ2) is 8.58. The van der Waals surface area contributed by atoms with Gasteiger partial charge in [-0.2, -0.15) is 0 Å². The Bertz CT molecular complexity index is 903. The van der Waals surface area contributed by atoms with Crippen molar-refractivity contribution in [2.45, 2.75) is 0 Å². The molecule has 0 radical (unpaired) electrons. The van der Waals surface area contributed by atoms with E-state index in [1.807, 2.05) is 48.5 Å². The van der Waals surface area contributed by atoms with Crippen LogP contribution in [0, 0.1) is 0 Å². The molecule has 0 saturated heterocycles. The maximum Gasteiger partial charge on any atom is 0.355 e. The van der Waals surface area contributed by atoms with Crippen LogP contribution in [0.25, 0.3) is 11.1 Å². The highest BCUT2D eigenvalue weighted by Gasteiger charge is 2.32. The molecule has 0 aromatic heterocycles. The second-order valence-corrected chi connectivity index (χ2v) is 5.99. The molecule has 0 unspecified atom stereocenters. The van der Waals surface area contributed by atoms with Crippen LogP contribution in [0.15, 0.2) is 59.8 Å². The summed E-state index contributed by atoms with van der Waals surface area (Å²) in [5, 5.41) is 0. The number of carbonyl (C=O) groups is 2. The highest BCUT2D eigenvalue weighted by Crippen LogP contribution is 2.30. The van der Waals surface area contributed by atoms with Crippen LogP contribution in [0.5, 0.6) is 5.75 Å². The molecule has 7 nitrogen and oxygen atoms in total. The molecule has 0 spiro atoms. The van der Waals surface area contributed by atoms with Gasteiger partial charge in [0.2, 0.25) is 0 Å².